The lowest BCUT2D eigenvalue weighted by molar-refractivity contribution is -0.120. The molecular weight excluding hydrogens is 222 g/mol. The van der Waals surface area contributed by atoms with Crippen LogP contribution in [0, 0.1) is 0 Å². The molecule has 0 aliphatic carbocycles. The molecule has 2 N–H and O–H groups in total. The fourth-order valence-corrected chi connectivity index (χ4v) is 2.11. The summed E-state index contributed by atoms with van der Waals surface area (Å²) in [4.78, 5) is 16.7. The number of nitrogens with one attached hydrogen (secondary N) is 2. The average Bonchev–Trinajstić information content (AvgIpc) is 2.67. The number of carbonyl (C=O) groups excluding carboxylic acids is 1. The van der Waals surface area contributed by atoms with Crippen molar-refractivity contribution < 1.29 is 4.79 Å². The fourth-order valence-electron chi connectivity index (χ4n) is 1.22. The number of likely N-dealkylation sites (N-methyl/N-ethyl adjacent to an activating group) is 1. The molecule has 0 saturated carbocycles. The molecule has 0 aliphatic heterocycles. The fraction of sp³-hybridized carbons (Fsp3) is 0.636. The van der Waals surface area contributed by atoms with Gasteiger partial charge in [0.25, 0.3) is 0 Å². The maximum absolute atomic E-state index is 11.2. The van der Waals surface area contributed by atoms with E-state index in [4.69, 9.17) is 0 Å². The van der Waals surface area contributed by atoms with Crippen LogP contribution in [0.15, 0.2) is 6.20 Å². The van der Waals surface area contributed by atoms with Gasteiger partial charge in [0.15, 0.2) is 0 Å². The third kappa shape index (κ3) is 4.28. The zero-order valence-corrected chi connectivity index (χ0v) is 10.9. The Kier molecular flexibility index (Phi) is 5.42. The minimum Gasteiger partial charge on any atom is -0.355 e. The molecule has 0 fully saturated rings. The summed E-state index contributed by atoms with van der Waals surface area (Å²) in [7, 11) is 0. The number of thiazole rings is 1. The zero-order chi connectivity index (χ0) is 12.0. The van der Waals surface area contributed by atoms with Crippen molar-refractivity contribution >= 4 is 17.2 Å². The maximum Gasteiger partial charge on any atom is 0.233 e. The molecule has 0 unspecified atom stereocenters. The number of nitrogens with zero attached hydrogens (tertiary/aromatic N) is 1. The molecule has 1 heterocycles. The molecule has 0 radical (unpaired) electrons. The highest BCUT2D eigenvalue weighted by Gasteiger charge is 2.05. The highest BCUT2D eigenvalue weighted by molar-refractivity contribution is 7.11. The van der Waals surface area contributed by atoms with Gasteiger partial charge in [0.05, 0.1) is 6.54 Å². The van der Waals surface area contributed by atoms with E-state index in [9.17, 15) is 4.79 Å². The van der Waals surface area contributed by atoms with Crippen molar-refractivity contribution in [2.45, 2.75) is 33.2 Å². The minimum atomic E-state index is 0.0307. The van der Waals surface area contributed by atoms with E-state index < -0.39 is 0 Å². The van der Waals surface area contributed by atoms with Crippen LogP contribution in [0.25, 0.3) is 0 Å². The molecule has 0 atom stereocenters. The number of rotatable bonds is 6. The zero-order valence-electron chi connectivity index (χ0n) is 10.0. The quantitative estimate of drug-likeness (QED) is 0.793. The summed E-state index contributed by atoms with van der Waals surface area (Å²) in [5, 5.41) is 6.85. The van der Waals surface area contributed by atoms with E-state index in [-0.39, 0.29) is 5.91 Å². The monoisotopic (exact) mass is 241 g/mol. The summed E-state index contributed by atoms with van der Waals surface area (Å²) >= 11 is 1.70. The first kappa shape index (κ1) is 13.1. The summed E-state index contributed by atoms with van der Waals surface area (Å²) in [6, 6.07) is 0. The van der Waals surface area contributed by atoms with E-state index in [2.05, 4.69) is 29.5 Å². The number of aromatic nitrogens is 1. The van der Waals surface area contributed by atoms with Crippen LogP contribution in [0.5, 0.6) is 0 Å². The van der Waals surface area contributed by atoms with Crippen LogP contribution in [0.2, 0.25) is 0 Å². The predicted octanol–water partition coefficient (Wildman–Crippen LogP) is 1.49. The standard InChI is InChI=1S/C11H19N3OS/c1-4-13-10(15)6-12-7-11-14-5-9(16-11)8(2)3/h5,8,12H,4,6-7H2,1-3H3,(H,13,15). The van der Waals surface area contributed by atoms with E-state index in [1.54, 1.807) is 11.3 Å². The van der Waals surface area contributed by atoms with E-state index in [1.165, 1.54) is 4.88 Å². The van der Waals surface area contributed by atoms with Crippen LogP contribution < -0.4 is 10.6 Å². The third-order valence-corrected chi connectivity index (χ3v) is 3.37. The Bertz CT molecular complexity index is 336. The van der Waals surface area contributed by atoms with Gasteiger partial charge >= 0.3 is 0 Å². The molecule has 0 spiro atoms. The molecule has 1 amide bonds. The number of carbonyl (C=O) groups is 1. The first-order valence-electron chi connectivity index (χ1n) is 5.55. The Morgan fingerprint density at radius 2 is 2.31 bits per heavy atom. The van der Waals surface area contributed by atoms with Gasteiger partial charge in [-0.2, -0.15) is 0 Å². The van der Waals surface area contributed by atoms with Crippen LogP contribution in [-0.2, 0) is 11.3 Å². The Labute approximate surface area is 100 Å². The van der Waals surface area contributed by atoms with Gasteiger partial charge in [0, 0.05) is 24.2 Å². The molecule has 0 aromatic carbocycles. The lowest BCUT2D eigenvalue weighted by Crippen LogP contribution is -2.33. The molecule has 1 aromatic rings. The molecule has 0 aliphatic rings. The first-order chi connectivity index (χ1) is 7.63. The van der Waals surface area contributed by atoms with E-state index >= 15 is 0 Å². The summed E-state index contributed by atoms with van der Waals surface area (Å²) in [5.74, 6) is 0.553. The Balaban J connectivity index is 2.29. The highest BCUT2D eigenvalue weighted by atomic mass is 32.1. The van der Waals surface area contributed by atoms with E-state index in [0.29, 0.717) is 25.6 Å². The van der Waals surface area contributed by atoms with Gasteiger partial charge in [0.2, 0.25) is 5.91 Å². The smallest absolute Gasteiger partial charge is 0.233 e. The van der Waals surface area contributed by atoms with Gasteiger partial charge in [-0.25, -0.2) is 4.98 Å². The van der Waals surface area contributed by atoms with Crippen LogP contribution in [0.1, 0.15) is 36.6 Å². The summed E-state index contributed by atoms with van der Waals surface area (Å²) in [5.41, 5.74) is 0. The second kappa shape index (κ2) is 6.60. The molecular formula is C11H19N3OS. The highest BCUT2D eigenvalue weighted by Crippen LogP contribution is 2.21. The lowest BCUT2D eigenvalue weighted by atomic mass is 10.2. The molecule has 4 nitrogen and oxygen atoms in total. The summed E-state index contributed by atoms with van der Waals surface area (Å²) < 4.78 is 0. The van der Waals surface area contributed by atoms with Crippen molar-refractivity contribution in [1.29, 1.82) is 0 Å². The van der Waals surface area contributed by atoms with Crippen molar-refractivity contribution in [3.05, 3.63) is 16.1 Å². The summed E-state index contributed by atoms with van der Waals surface area (Å²) in [6.45, 7) is 7.90. The minimum absolute atomic E-state index is 0.0307. The molecule has 1 rings (SSSR count). The van der Waals surface area contributed by atoms with Gasteiger partial charge in [-0.15, -0.1) is 11.3 Å². The van der Waals surface area contributed by atoms with Gasteiger partial charge < -0.3 is 10.6 Å². The number of hydrogen-bond donors (Lipinski definition) is 2. The Hall–Kier alpha value is -0.940. The lowest BCUT2D eigenvalue weighted by Gasteiger charge is -2.02. The topological polar surface area (TPSA) is 54.0 Å². The molecule has 0 saturated heterocycles. The van der Waals surface area contributed by atoms with Crippen LogP contribution >= 0.6 is 11.3 Å². The molecule has 90 valence electrons. The van der Waals surface area contributed by atoms with Crippen LogP contribution in [0.3, 0.4) is 0 Å². The second-order valence-electron chi connectivity index (χ2n) is 3.87. The molecule has 1 aromatic heterocycles. The number of amides is 1. The normalized spacial score (nSPS) is 10.8. The predicted molar refractivity (Wildman–Crippen MR) is 66.6 cm³/mol. The SMILES string of the molecule is CCNC(=O)CNCc1ncc(C(C)C)s1. The van der Waals surface area contributed by atoms with Crippen LogP contribution in [-0.4, -0.2) is 24.0 Å². The molecule has 0 bridgehead atoms. The Morgan fingerprint density at radius 1 is 1.56 bits per heavy atom. The summed E-state index contributed by atoms with van der Waals surface area (Å²) in [6.07, 6.45) is 1.92. The maximum atomic E-state index is 11.2. The van der Waals surface area contributed by atoms with Crippen molar-refractivity contribution in [3.63, 3.8) is 0 Å². The van der Waals surface area contributed by atoms with Crippen molar-refractivity contribution in [2.75, 3.05) is 13.1 Å². The van der Waals surface area contributed by atoms with E-state index in [1.807, 2.05) is 13.1 Å². The first-order valence-corrected chi connectivity index (χ1v) is 6.37. The van der Waals surface area contributed by atoms with Gasteiger partial charge in [0.1, 0.15) is 5.01 Å². The largest absolute Gasteiger partial charge is 0.355 e. The van der Waals surface area contributed by atoms with Crippen molar-refractivity contribution in [1.82, 2.24) is 15.6 Å². The molecule has 16 heavy (non-hydrogen) atoms. The van der Waals surface area contributed by atoms with Crippen molar-refractivity contribution in [3.8, 4) is 0 Å². The molecule has 5 heteroatoms. The van der Waals surface area contributed by atoms with E-state index in [0.717, 1.165) is 5.01 Å². The van der Waals surface area contributed by atoms with Crippen LogP contribution in [0.4, 0.5) is 0 Å². The third-order valence-electron chi connectivity index (χ3n) is 2.08. The van der Waals surface area contributed by atoms with Gasteiger partial charge in [-0.3, -0.25) is 4.79 Å². The number of hydrogen-bond acceptors (Lipinski definition) is 4. The van der Waals surface area contributed by atoms with Gasteiger partial charge in [-0.05, 0) is 12.8 Å². The second-order valence-corrected chi connectivity index (χ2v) is 5.01. The van der Waals surface area contributed by atoms with Gasteiger partial charge in [-0.1, -0.05) is 13.8 Å². The Morgan fingerprint density at radius 3 is 2.88 bits per heavy atom. The average molecular weight is 241 g/mol. The van der Waals surface area contributed by atoms with Crippen molar-refractivity contribution in [2.24, 2.45) is 0 Å².